The molecule has 0 aliphatic carbocycles. The van der Waals surface area contributed by atoms with Gasteiger partial charge in [-0.05, 0) is 37.7 Å². The molecule has 7 heteroatoms. The van der Waals surface area contributed by atoms with E-state index in [1.807, 2.05) is 7.05 Å². The Morgan fingerprint density at radius 3 is 2.55 bits per heavy atom. The first-order valence-electron chi connectivity index (χ1n) is 6.44. The van der Waals surface area contributed by atoms with Gasteiger partial charge in [-0.15, -0.1) is 0 Å². The van der Waals surface area contributed by atoms with E-state index in [-0.39, 0.29) is 12.4 Å². The maximum absolute atomic E-state index is 13.1. The number of hydrogen-bond acceptors (Lipinski definition) is 3. The highest BCUT2D eigenvalue weighted by Crippen LogP contribution is 2.11. The van der Waals surface area contributed by atoms with Gasteiger partial charge in [0.2, 0.25) is 0 Å². The van der Waals surface area contributed by atoms with Gasteiger partial charge in [0.15, 0.2) is 0 Å². The highest BCUT2D eigenvalue weighted by Gasteiger charge is 2.23. The average molecular weight is 303 g/mol. The Balaban J connectivity index is 2.66. The number of nitrogens with one attached hydrogen (secondary N) is 1. The van der Waals surface area contributed by atoms with E-state index in [0.29, 0.717) is 12.1 Å². The van der Waals surface area contributed by atoms with Crippen molar-refractivity contribution in [3.05, 3.63) is 35.6 Å². The molecular formula is C13H22FN3O2S. The van der Waals surface area contributed by atoms with Crippen LogP contribution < -0.4 is 5.32 Å². The molecule has 0 saturated heterocycles. The van der Waals surface area contributed by atoms with Crippen LogP contribution in [-0.4, -0.2) is 51.3 Å². The Morgan fingerprint density at radius 2 is 1.95 bits per heavy atom. The molecule has 0 aromatic heterocycles. The van der Waals surface area contributed by atoms with Gasteiger partial charge in [0.05, 0.1) is 0 Å². The predicted molar refractivity (Wildman–Crippen MR) is 78.0 cm³/mol. The Bertz CT molecular complexity index is 522. The third kappa shape index (κ3) is 4.82. The van der Waals surface area contributed by atoms with Gasteiger partial charge in [-0.3, -0.25) is 0 Å². The lowest BCUT2D eigenvalue weighted by Gasteiger charge is -2.24. The van der Waals surface area contributed by atoms with Crippen molar-refractivity contribution in [2.45, 2.75) is 13.0 Å². The third-order valence-corrected chi connectivity index (χ3v) is 4.87. The monoisotopic (exact) mass is 303 g/mol. The van der Waals surface area contributed by atoms with E-state index in [1.165, 1.54) is 27.8 Å². The van der Waals surface area contributed by atoms with Crippen molar-refractivity contribution in [1.82, 2.24) is 13.9 Å². The summed E-state index contributed by atoms with van der Waals surface area (Å²) < 4.78 is 40.1. The van der Waals surface area contributed by atoms with Gasteiger partial charge in [-0.1, -0.05) is 12.1 Å². The van der Waals surface area contributed by atoms with Crippen LogP contribution in [0.15, 0.2) is 24.3 Å². The Labute approximate surface area is 120 Å². The molecule has 0 heterocycles. The second kappa shape index (κ2) is 7.68. The van der Waals surface area contributed by atoms with Crippen LogP contribution in [0, 0.1) is 5.82 Å². The lowest BCUT2D eigenvalue weighted by atomic mass is 10.2. The molecule has 5 nitrogen and oxygen atoms in total. The molecule has 114 valence electrons. The Morgan fingerprint density at radius 1 is 1.25 bits per heavy atom. The summed E-state index contributed by atoms with van der Waals surface area (Å²) in [6, 6.07) is 5.95. The maximum atomic E-state index is 13.1. The summed E-state index contributed by atoms with van der Waals surface area (Å²) in [5.41, 5.74) is 0.625. The van der Waals surface area contributed by atoms with Crippen LogP contribution in [0.4, 0.5) is 4.39 Å². The minimum Gasteiger partial charge on any atom is -0.320 e. The van der Waals surface area contributed by atoms with E-state index in [4.69, 9.17) is 0 Å². The largest absolute Gasteiger partial charge is 0.320 e. The van der Waals surface area contributed by atoms with Crippen LogP contribution in [0.2, 0.25) is 0 Å². The van der Waals surface area contributed by atoms with Crippen LogP contribution in [0.3, 0.4) is 0 Å². The Hall–Kier alpha value is -1.02. The highest BCUT2D eigenvalue weighted by molar-refractivity contribution is 7.86. The zero-order valence-electron chi connectivity index (χ0n) is 12.1. The minimum absolute atomic E-state index is 0.149. The molecule has 0 atom stereocenters. The lowest BCUT2D eigenvalue weighted by molar-refractivity contribution is 0.384. The van der Waals surface area contributed by atoms with Crippen molar-refractivity contribution in [1.29, 1.82) is 0 Å². The Kier molecular flexibility index (Phi) is 6.54. The van der Waals surface area contributed by atoms with Gasteiger partial charge in [-0.2, -0.15) is 17.0 Å². The molecule has 1 N–H and O–H groups in total. The number of benzene rings is 1. The molecule has 0 radical (unpaired) electrons. The van der Waals surface area contributed by atoms with Gasteiger partial charge in [0, 0.05) is 27.2 Å². The van der Waals surface area contributed by atoms with Crippen LogP contribution in [0.1, 0.15) is 12.0 Å². The van der Waals surface area contributed by atoms with E-state index in [2.05, 4.69) is 5.32 Å². The number of nitrogens with zero attached hydrogens (tertiary/aromatic N) is 2. The summed E-state index contributed by atoms with van der Waals surface area (Å²) in [6.45, 7) is 1.35. The molecular weight excluding hydrogens is 281 g/mol. The second-order valence-corrected chi connectivity index (χ2v) is 6.81. The average Bonchev–Trinajstić information content (AvgIpc) is 2.38. The van der Waals surface area contributed by atoms with E-state index in [9.17, 15) is 12.8 Å². The summed E-state index contributed by atoms with van der Waals surface area (Å²) in [6.07, 6.45) is 0.736. The topological polar surface area (TPSA) is 52.7 Å². The molecule has 20 heavy (non-hydrogen) atoms. The fraction of sp³-hybridized carbons (Fsp3) is 0.538. The predicted octanol–water partition coefficient (Wildman–Crippen LogP) is 1.04. The molecule has 1 aromatic carbocycles. The third-order valence-electron chi connectivity index (χ3n) is 2.98. The lowest BCUT2D eigenvalue weighted by Crippen LogP contribution is -2.40. The first kappa shape index (κ1) is 17.0. The van der Waals surface area contributed by atoms with Gasteiger partial charge in [0.25, 0.3) is 10.2 Å². The van der Waals surface area contributed by atoms with Gasteiger partial charge < -0.3 is 5.32 Å². The van der Waals surface area contributed by atoms with E-state index < -0.39 is 10.2 Å². The summed E-state index contributed by atoms with van der Waals surface area (Å²) in [4.78, 5) is 0. The SMILES string of the molecule is CNCCCN(C)S(=O)(=O)N(C)Cc1cccc(F)c1. The van der Waals surface area contributed by atoms with Crippen LogP contribution in [-0.2, 0) is 16.8 Å². The van der Waals surface area contributed by atoms with Crippen molar-refractivity contribution in [3.63, 3.8) is 0 Å². The molecule has 0 amide bonds. The molecule has 0 bridgehead atoms. The minimum atomic E-state index is -3.51. The van der Waals surface area contributed by atoms with E-state index >= 15 is 0 Å². The van der Waals surface area contributed by atoms with Gasteiger partial charge >= 0.3 is 0 Å². The fourth-order valence-electron chi connectivity index (χ4n) is 1.81. The number of rotatable bonds is 8. The highest BCUT2D eigenvalue weighted by atomic mass is 32.2. The first-order chi connectivity index (χ1) is 9.37. The van der Waals surface area contributed by atoms with Crippen LogP contribution >= 0.6 is 0 Å². The first-order valence-corrected chi connectivity index (χ1v) is 7.84. The molecule has 1 aromatic rings. The standard InChI is InChI=1S/C13H22FN3O2S/c1-15-8-5-9-16(2)20(18,19)17(3)11-12-6-4-7-13(14)10-12/h4,6-7,10,15H,5,8-9,11H2,1-3H3. The molecule has 0 aliphatic heterocycles. The normalized spacial score (nSPS) is 12.3. The summed E-state index contributed by atoms with van der Waals surface area (Å²) in [5.74, 6) is -0.365. The molecule has 1 rings (SSSR count). The van der Waals surface area contributed by atoms with Crippen molar-refractivity contribution >= 4 is 10.2 Å². The van der Waals surface area contributed by atoms with Gasteiger partial charge in [-0.25, -0.2) is 4.39 Å². The molecule has 0 fully saturated rings. The van der Waals surface area contributed by atoms with E-state index in [1.54, 1.807) is 19.2 Å². The second-order valence-electron chi connectivity index (χ2n) is 4.67. The van der Waals surface area contributed by atoms with Crippen molar-refractivity contribution in [2.75, 3.05) is 34.2 Å². The molecule has 0 saturated carbocycles. The van der Waals surface area contributed by atoms with Crippen LogP contribution in [0.25, 0.3) is 0 Å². The van der Waals surface area contributed by atoms with Crippen molar-refractivity contribution in [3.8, 4) is 0 Å². The smallest absolute Gasteiger partial charge is 0.281 e. The maximum Gasteiger partial charge on any atom is 0.281 e. The van der Waals surface area contributed by atoms with Crippen molar-refractivity contribution in [2.24, 2.45) is 0 Å². The zero-order valence-corrected chi connectivity index (χ0v) is 13.0. The van der Waals surface area contributed by atoms with E-state index in [0.717, 1.165) is 13.0 Å². The molecule has 0 spiro atoms. The molecule has 0 aliphatic rings. The van der Waals surface area contributed by atoms with Crippen molar-refractivity contribution < 1.29 is 12.8 Å². The number of halogens is 1. The summed E-state index contributed by atoms with van der Waals surface area (Å²) >= 11 is 0. The fourth-order valence-corrected chi connectivity index (χ4v) is 2.95. The molecule has 0 unspecified atom stereocenters. The van der Waals surface area contributed by atoms with Crippen LogP contribution in [0.5, 0.6) is 0 Å². The summed E-state index contributed by atoms with van der Waals surface area (Å²) in [5, 5.41) is 2.97. The summed E-state index contributed by atoms with van der Waals surface area (Å²) in [7, 11) is 1.35. The quantitative estimate of drug-likeness (QED) is 0.730. The number of hydrogen-bond donors (Lipinski definition) is 1. The van der Waals surface area contributed by atoms with Gasteiger partial charge in [0.1, 0.15) is 5.82 Å². The zero-order chi connectivity index (χ0) is 15.2.